The average Bonchev–Trinajstić information content (AvgIpc) is 3.15. The molecule has 1 aliphatic rings. The Labute approximate surface area is 208 Å². The van der Waals surface area contributed by atoms with Crippen molar-refractivity contribution in [3.05, 3.63) is 39.2 Å². The van der Waals surface area contributed by atoms with Crippen LogP contribution in [-0.4, -0.2) is 71.1 Å². The molecule has 3 aromatic rings. The van der Waals surface area contributed by atoms with E-state index < -0.39 is 0 Å². The van der Waals surface area contributed by atoms with Gasteiger partial charge in [-0.3, -0.25) is 4.79 Å². The summed E-state index contributed by atoms with van der Waals surface area (Å²) in [6.45, 7) is 7.42. The van der Waals surface area contributed by atoms with Gasteiger partial charge in [0.05, 0.1) is 16.8 Å². The van der Waals surface area contributed by atoms with Crippen LogP contribution >= 0.6 is 22.6 Å². The average molecular weight is 561 g/mol. The van der Waals surface area contributed by atoms with Gasteiger partial charge in [-0.05, 0) is 88.5 Å². The summed E-state index contributed by atoms with van der Waals surface area (Å²) in [6.07, 6.45) is 2.59. The predicted molar refractivity (Wildman–Crippen MR) is 140 cm³/mol. The number of hydrogen-bond donors (Lipinski definition) is 1. The molecule has 1 amide bonds. The van der Waals surface area contributed by atoms with Crippen LogP contribution in [0.15, 0.2) is 24.3 Å². The molecular formula is C24H32IN7O. The van der Waals surface area contributed by atoms with Crippen LogP contribution in [0, 0.1) is 23.5 Å². The quantitative estimate of drug-likeness (QED) is 0.353. The zero-order chi connectivity index (χ0) is 23.5. The molecule has 9 heteroatoms. The molecular weight excluding hydrogens is 529 g/mol. The van der Waals surface area contributed by atoms with E-state index in [0.717, 1.165) is 77.2 Å². The van der Waals surface area contributed by atoms with Gasteiger partial charge >= 0.3 is 0 Å². The number of amides is 1. The fourth-order valence-electron chi connectivity index (χ4n) is 4.35. The van der Waals surface area contributed by atoms with Gasteiger partial charge in [-0.25, -0.2) is 4.68 Å². The number of nitrogens with zero attached hydrogens (tertiary/aromatic N) is 6. The maximum Gasteiger partial charge on any atom is 0.223 e. The number of halogens is 1. The van der Waals surface area contributed by atoms with Crippen LogP contribution in [0.2, 0.25) is 0 Å². The summed E-state index contributed by atoms with van der Waals surface area (Å²) in [5.74, 6) is 1.04. The third-order valence-corrected chi connectivity index (χ3v) is 7.05. The number of fused-ring (bicyclic) bond motifs is 1. The van der Waals surface area contributed by atoms with Crippen molar-refractivity contribution < 1.29 is 4.79 Å². The largest absolute Gasteiger partial charge is 0.356 e. The van der Waals surface area contributed by atoms with Gasteiger partial charge in [0.2, 0.25) is 5.91 Å². The number of aromatic nitrogens is 4. The standard InChI is InChI=1S/C24H32IN7O/c1-16-6-8-19(9-7-16)32-17(2)20-21(29-32)23(28-27-22(20)25)31-14-10-18(11-15-31)24(33)26-12-5-13-30(3)4/h6-9,18H,5,10-15H2,1-4H3,(H,26,33). The number of aryl methyl sites for hydroxylation is 2. The molecule has 1 aromatic carbocycles. The van der Waals surface area contributed by atoms with E-state index in [4.69, 9.17) is 5.10 Å². The Morgan fingerprint density at radius 1 is 1.15 bits per heavy atom. The van der Waals surface area contributed by atoms with Crippen LogP contribution in [0.1, 0.15) is 30.5 Å². The van der Waals surface area contributed by atoms with Crippen molar-refractivity contribution in [2.24, 2.45) is 5.92 Å². The highest BCUT2D eigenvalue weighted by atomic mass is 127. The highest BCUT2D eigenvalue weighted by Gasteiger charge is 2.28. The molecule has 176 valence electrons. The number of benzene rings is 1. The van der Waals surface area contributed by atoms with E-state index in [2.05, 4.69) is 86.0 Å². The molecule has 0 aliphatic carbocycles. The van der Waals surface area contributed by atoms with E-state index in [9.17, 15) is 4.79 Å². The van der Waals surface area contributed by atoms with Crippen LogP contribution in [0.4, 0.5) is 5.82 Å². The first-order valence-electron chi connectivity index (χ1n) is 11.5. The van der Waals surface area contributed by atoms with E-state index in [1.165, 1.54) is 5.56 Å². The van der Waals surface area contributed by atoms with E-state index in [1.807, 2.05) is 18.8 Å². The molecule has 1 aliphatic heterocycles. The van der Waals surface area contributed by atoms with Gasteiger partial charge in [-0.1, -0.05) is 17.7 Å². The Hall–Kier alpha value is -2.27. The first kappa shape index (κ1) is 23.9. The minimum absolute atomic E-state index is 0.0553. The van der Waals surface area contributed by atoms with E-state index in [0.29, 0.717) is 0 Å². The molecule has 0 atom stereocenters. The van der Waals surface area contributed by atoms with Gasteiger partial charge in [0.1, 0.15) is 9.22 Å². The van der Waals surface area contributed by atoms with Crippen LogP contribution in [0.25, 0.3) is 16.6 Å². The highest BCUT2D eigenvalue weighted by Crippen LogP contribution is 2.32. The number of carbonyl (C=O) groups is 1. The van der Waals surface area contributed by atoms with Crippen molar-refractivity contribution in [2.45, 2.75) is 33.1 Å². The number of rotatable bonds is 7. The summed E-state index contributed by atoms with van der Waals surface area (Å²) < 4.78 is 2.83. The number of nitrogens with one attached hydrogen (secondary N) is 1. The van der Waals surface area contributed by atoms with Gasteiger partial charge in [-0.2, -0.15) is 5.10 Å². The van der Waals surface area contributed by atoms with Crippen molar-refractivity contribution in [2.75, 3.05) is 45.2 Å². The Balaban J connectivity index is 1.49. The molecule has 3 heterocycles. The summed E-state index contributed by atoms with van der Waals surface area (Å²) in [5, 5.41) is 18.1. The lowest BCUT2D eigenvalue weighted by molar-refractivity contribution is -0.125. The minimum atomic E-state index is 0.0553. The number of carbonyl (C=O) groups excluding carboxylic acids is 1. The van der Waals surface area contributed by atoms with Crippen LogP contribution in [0.5, 0.6) is 0 Å². The summed E-state index contributed by atoms with van der Waals surface area (Å²) in [6, 6.07) is 8.37. The third-order valence-electron chi connectivity index (χ3n) is 6.29. The van der Waals surface area contributed by atoms with Crippen LogP contribution in [-0.2, 0) is 4.79 Å². The summed E-state index contributed by atoms with van der Waals surface area (Å²) >= 11 is 2.24. The fraction of sp³-hybridized carbons (Fsp3) is 0.500. The Morgan fingerprint density at radius 3 is 2.52 bits per heavy atom. The van der Waals surface area contributed by atoms with Crippen molar-refractivity contribution in [1.29, 1.82) is 0 Å². The minimum Gasteiger partial charge on any atom is -0.356 e. The van der Waals surface area contributed by atoms with Gasteiger partial charge in [0.25, 0.3) is 0 Å². The number of anilines is 1. The molecule has 33 heavy (non-hydrogen) atoms. The van der Waals surface area contributed by atoms with Gasteiger partial charge in [-0.15, -0.1) is 10.2 Å². The maximum atomic E-state index is 12.6. The number of hydrogen-bond acceptors (Lipinski definition) is 6. The predicted octanol–water partition coefficient (Wildman–Crippen LogP) is 3.32. The lowest BCUT2D eigenvalue weighted by atomic mass is 9.96. The summed E-state index contributed by atoms with van der Waals surface area (Å²) in [7, 11) is 4.10. The Bertz CT molecular complexity index is 1120. The lowest BCUT2D eigenvalue weighted by Gasteiger charge is -2.32. The zero-order valence-corrected chi connectivity index (χ0v) is 22.0. The smallest absolute Gasteiger partial charge is 0.223 e. The third kappa shape index (κ3) is 5.29. The van der Waals surface area contributed by atoms with Crippen LogP contribution in [0.3, 0.4) is 0 Å². The van der Waals surface area contributed by atoms with Gasteiger partial charge < -0.3 is 15.1 Å². The molecule has 1 fully saturated rings. The molecule has 2 aromatic heterocycles. The molecule has 0 spiro atoms. The van der Waals surface area contributed by atoms with Crippen molar-refractivity contribution in [3.8, 4) is 5.69 Å². The fourth-order valence-corrected chi connectivity index (χ4v) is 5.10. The van der Waals surface area contributed by atoms with Crippen molar-refractivity contribution >= 4 is 45.2 Å². The number of piperidine rings is 1. The van der Waals surface area contributed by atoms with E-state index in [-0.39, 0.29) is 11.8 Å². The SMILES string of the molecule is Cc1ccc(-n2nc3c(N4CCC(C(=O)NCCCN(C)C)CC4)nnc(I)c3c2C)cc1. The lowest BCUT2D eigenvalue weighted by Crippen LogP contribution is -2.41. The molecule has 1 saturated heterocycles. The Morgan fingerprint density at radius 2 is 1.85 bits per heavy atom. The van der Waals surface area contributed by atoms with Gasteiger partial charge in [0.15, 0.2) is 5.82 Å². The Kier molecular flexibility index (Phi) is 7.48. The second kappa shape index (κ2) is 10.3. The second-order valence-electron chi connectivity index (χ2n) is 9.08. The highest BCUT2D eigenvalue weighted by molar-refractivity contribution is 14.1. The summed E-state index contributed by atoms with van der Waals surface area (Å²) in [5.41, 5.74) is 4.18. The van der Waals surface area contributed by atoms with E-state index in [1.54, 1.807) is 0 Å². The molecule has 1 N–H and O–H groups in total. The first-order chi connectivity index (χ1) is 15.8. The monoisotopic (exact) mass is 561 g/mol. The molecule has 0 radical (unpaired) electrons. The first-order valence-corrected chi connectivity index (χ1v) is 12.6. The van der Waals surface area contributed by atoms with Crippen LogP contribution < -0.4 is 10.2 Å². The topological polar surface area (TPSA) is 79.2 Å². The maximum absolute atomic E-state index is 12.6. The van der Waals surface area contributed by atoms with Gasteiger partial charge in [0, 0.05) is 25.6 Å². The van der Waals surface area contributed by atoms with Crippen molar-refractivity contribution in [3.63, 3.8) is 0 Å². The molecule has 0 saturated carbocycles. The normalized spacial score (nSPS) is 14.9. The van der Waals surface area contributed by atoms with E-state index >= 15 is 0 Å². The zero-order valence-electron chi connectivity index (χ0n) is 19.8. The molecule has 0 bridgehead atoms. The molecule has 0 unspecified atom stereocenters. The summed E-state index contributed by atoms with van der Waals surface area (Å²) in [4.78, 5) is 16.9. The second-order valence-corrected chi connectivity index (χ2v) is 10.1. The molecule has 8 nitrogen and oxygen atoms in total. The van der Waals surface area contributed by atoms with Crippen molar-refractivity contribution in [1.82, 2.24) is 30.2 Å². The molecule has 4 rings (SSSR count).